The Labute approximate surface area is 286 Å². The van der Waals surface area contributed by atoms with Gasteiger partial charge < -0.3 is 10.4 Å². The zero-order valence-corrected chi connectivity index (χ0v) is 27.8. The number of nitrogens with one attached hydrogen (secondary N) is 3. The van der Waals surface area contributed by atoms with Crippen LogP contribution in [-0.4, -0.2) is 62.8 Å². The summed E-state index contributed by atoms with van der Waals surface area (Å²) in [6.45, 7) is 1.40. The van der Waals surface area contributed by atoms with E-state index in [1.165, 1.54) is 40.6 Å². The van der Waals surface area contributed by atoms with Crippen LogP contribution in [0.15, 0.2) is 113 Å². The van der Waals surface area contributed by atoms with Crippen molar-refractivity contribution in [3.63, 3.8) is 0 Å². The molecule has 2 aromatic heterocycles. The molecule has 5 N–H and O–H groups in total. The molecule has 5 rings (SSSR count). The molecule has 1 unspecified atom stereocenters. The summed E-state index contributed by atoms with van der Waals surface area (Å²) in [5, 5.41) is 29.1. The molecule has 49 heavy (non-hydrogen) atoms. The molecule has 1 atom stereocenters. The molecule has 2 amide bonds. The monoisotopic (exact) mass is 705 g/mol. The lowest BCUT2D eigenvalue weighted by Crippen LogP contribution is -2.39. The molecule has 0 saturated heterocycles. The van der Waals surface area contributed by atoms with Gasteiger partial charge in [-0.25, -0.2) is 13.9 Å². The summed E-state index contributed by atoms with van der Waals surface area (Å²) in [5.41, 5.74) is 3.32. The van der Waals surface area contributed by atoms with Crippen molar-refractivity contribution in [2.45, 2.75) is 17.9 Å². The van der Waals surface area contributed by atoms with Crippen LogP contribution in [-0.2, 0) is 21.9 Å². The molecule has 0 radical (unpaired) electrons. The van der Waals surface area contributed by atoms with Crippen LogP contribution in [0.25, 0.3) is 23.0 Å². The van der Waals surface area contributed by atoms with Crippen LogP contribution in [0.1, 0.15) is 22.8 Å². The van der Waals surface area contributed by atoms with E-state index in [1.807, 2.05) is 0 Å². The molecule has 0 bridgehead atoms. The highest BCUT2D eigenvalue weighted by Crippen LogP contribution is 2.21. The number of sulfonamides is 1. The Morgan fingerprint density at radius 3 is 2.37 bits per heavy atom. The number of para-hydroxylation sites is 1. The van der Waals surface area contributed by atoms with E-state index in [4.69, 9.17) is 21.9 Å². The number of rotatable bonds is 10. The van der Waals surface area contributed by atoms with E-state index in [0.29, 0.717) is 33.2 Å². The second-order valence-electron chi connectivity index (χ2n) is 10.4. The third-order valence-electron chi connectivity index (χ3n) is 6.62. The number of aliphatic hydroxyl groups excluding tert-OH is 1. The Bertz CT molecular complexity index is 2120. The SMILES string of the molecule is CC(CO)NC(=O)c1cc(-c2ccc(Cl)cc2)nn(-c2cnn(C)c2)c1=O.O=C(C=Cc1cccc(S(=O)(=O)Nc2ccccc2)c1)NO. The number of benzene rings is 3. The second-order valence-corrected chi connectivity index (χ2v) is 12.6. The Morgan fingerprint density at radius 1 is 1.02 bits per heavy atom. The molecular formula is C33H32ClN7O7S. The second kappa shape index (κ2) is 16.5. The highest BCUT2D eigenvalue weighted by Gasteiger charge is 2.19. The number of hydrogen-bond donors (Lipinski definition) is 5. The largest absolute Gasteiger partial charge is 0.394 e. The molecule has 2 heterocycles. The van der Waals surface area contributed by atoms with Gasteiger partial charge >= 0.3 is 0 Å². The first-order valence-corrected chi connectivity index (χ1v) is 16.4. The molecule has 0 aliphatic heterocycles. The fourth-order valence-corrected chi connectivity index (χ4v) is 5.41. The molecule has 5 aromatic rings. The number of anilines is 1. The molecule has 0 saturated carbocycles. The summed E-state index contributed by atoms with van der Waals surface area (Å²) in [5.74, 6) is -1.28. The fourth-order valence-electron chi connectivity index (χ4n) is 4.17. The minimum Gasteiger partial charge on any atom is -0.394 e. The van der Waals surface area contributed by atoms with Crippen molar-refractivity contribution in [1.82, 2.24) is 30.4 Å². The zero-order chi connectivity index (χ0) is 35.6. The van der Waals surface area contributed by atoms with Gasteiger partial charge in [-0.3, -0.25) is 29.0 Å². The number of carbonyl (C=O) groups is 2. The van der Waals surface area contributed by atoms with Crippen LogP contribution in [0.5, 0.6) is 0 Å². The molecule has 0 aliphatic rings. The highest BCUT2D eigenvalue weighted by molar-refractivity contribution is 7.92. The van der Waals surface area contributed by atoms with Gasteiger partial charge in [0.05, 0.1) is 29.6 Å². The summed E-state index contributed by atoms with van der Waals surface area (Å²) < 4.78 is 29.7. The lowest BCUT2D eigenvalue weighted by Gasteiger charge is -2.13. The predicted molar refractivity (Wildman–Crippen MR) is 184 cm³/mol. The Kier molecular flexibility index (Phi) is 12.2. The van der Waals surface area contributed by atoms with Crippen molar-refractivity contribution in [3.8, 4) is 16.9 Å². The third-order valence-corrected chi connectivity index (χ3v) is 8.25. The normalized spacial score (nSPS) is 11.7. The van der Waals surface area contributed by atoms with E-state index in [1.54, 1.807) is 86.9 Å². The van der Waals surface area contributed by atoms with E-state index >= 15 is 0 Å². The smallest absolute Gasteiger partial charge is 0.284 e. The van der Waals surface area contributed by atoms with E-state index in [9.17, 15) is 22.8 Å². The molecular weight excluding hydrogens is 674 g/mol. The van der Waals surface area contributed by atoms with Crippen molar-refractivity contribution in [3.05, 3.63) is 130 Å². The number of hydrogen-bond acceptors (Lipinski definition) is 9. The van der Waals surface area contributed by atoms with Crippen molar-refractivity contribution in [2.24, 2.45) is 7.05 Å². The maximum Gasteiger partial charge on any atom is 0.284 e. The minimum absolute atomic E-state index is 0.0721. The van der Waals surface area contributed by atoms with Crippen LogP contribution in [0.3, 0.4) is 0 Å². The van der Waals surface area contributed by atoms with Crippen LogP contribution >= 0.6 is 11.6 Å². The third kappa shape index (κ3) is 9.94. The Morgan fingerprint density at radius 2 is 1.73 bits per heavy atom. The first-order chi connectivity index (χ1) is 23.4. The standard InChI is InChI=1S/C18H18ClN5O3.C15H14N2O4S/c1-11(10-25)21-17(26)15-7-16(12-3-5-13(19)6-4-12)22-24(18(15)27)14-8-20-23(2)9-14;18-15(16-19)10-9-12-5-4-8-14(11-12)22(20,21)17-13-6-2-1-3-7-13/h3-9,11,25H,10H2,1-2H3,(H,21,26);1-11,17,19H,(H,16,18). The van der Waals surface area contributed by atoms with E-state index in [2.05, 4.69) is 20.2 Å². The van der Waals surface area contributed by atoms with Gasteiger partial charge in [0.25, 0.3) is 27.4 Å². The van der Waals surface area contributed by atoms with Gasteiger partial charge in [-0.2, -0.15) is 14.9 Å². The first-order valence-electron chi connectivity index (χ1n) is 14.5. The fraction of sp³-hybridized carbons (Fsp3) is 0.121. The molecule has 3 aromatic carbocycles. The summed E-state index contributed by atoms with van der Waals surface area (Å²) in [6.07, 6.45) is 5.60. The predicted octanol–water partition coefficient (Wildman–Crippen LogP) is 3.40. The van der Waals surface area contributed by atoms with Gasteiger partial charge in [-0.15, -0.1) is 0 Å². The van der Waals surface area contributed by atoms with Crippen molar-refractivity contribution >= 4 is 45.2 Å². The number of hydroxylamine groups is 1. The Hall–Kier alpha value is -5.61. The maximum absolute atomic E-state index is 12.8. The summed E-state index contributed by atoms with van der Waals surface area (Å²) in [4.78, 5) is 36.4. The van der Waals surface area contributed by atoms with E-state index in [0.717, 1.165) is 10.8 Å². The molecule has 254 valence electrons. The minimum atomic E-state index is -3.71. The molecule has 0 aliphatic carbocycles. The number of aliphatic hydroxyl groups is 1. The number of aryl methyl sites for hydroxylation is 1. The van der Waals surface area contributed by atoms with Gasteiger partial charge in [-0.05, 0) is 61.0 Å². The van der Waals surface area contributed by atoms with Gasteiger partial charge in [0.1, 0.15) is 11.3 Å². The summed E-state index contributed by atoms with van der Waals surface area (Å²) in [6, 6.07) is 22.5. The Balaban J connectivity index is 0.000000226. The topological polar surface area (TPSA) is 198 Å². The van der Waals surface area contributed by atoms with Crippen LogP contribution in [0.4, 0.5) is 5.69 Å². The number of nitrogens with zero attached hydrogens (tertiary/aromatic N) is 4. The number of carbonyl (C=O) groups excluding carboxylic acids is 2. The van der Waals surface area contributed by atoms with Gasteiger partial charge in [0.2, 0.25) is 0 Å². The van der Waals surface area contributed by atoms with Gasteiger partial charge in [0, 0.05) is 35.4 Å². The molecule has 16 heteroatoms. The zero-order valence-electron chi connectivity index (χ0n) is 26.2. The van der Waals surface area contributed by atoms with Crippen LogP contribution in [0, 0.1) is 0 Å². The quantitative estimate of drug-likeness (QED) is 0.0821. The summed E-state index contributed by atoms with van der Waals surface area (Å²) in [7, 11) is -2.00. The lowest BCUT2D eigenvalue weighted by molar-refractivity contribution is -0.124. The molecule has 0 spiro atoms. The maximum atomic E-state index is 12.8. The van der Waals surface area contributed by atoms with Crippen LogP contribution in [0.2, 0.25) is 5.02 Å². The average molecular weight is 706 g/mol. The average Bonchev–Trinajstić information content (AvgIpc) is 3.54. The van der Waals surface area contributed by atoms with Gasteiger partial charge in [-0.1, -0.05) is 54.1 Å². The molecule has 14 nitrogen and oxygen atoms in total. The van der Waals surface area contributed by atoms with E-state index in [-0.39, 0.29) is 17.1 Å². The molecule has 0 fully saturated rings. The first kappa shape index (κ1) is 36.2. The van der Waals surface area contributed by atoms with Crippen LogP contribution < -0.4 is 21.1 Å². The van der Waals surface area contributed by atoms with E-state index < -0.39 is 33.4 Å². The van der Waals surface area contributed by atoms with Crippen molar-refractivity contribution in [1.29, 1.82) is 0 Å². The van der Waals surface area contributed by atoms with Crippen molar-refractivity contribution in [2.75, 3.05) is 11.3 Å². The summed E-state index contributed by atoms with van der Waals surface area (Å²) >= 11 is 5.93. The number of aromatic nitrogens is 4. The van der Waals surface area contributed by atoms with Gasteiger partial charge in [0.15, 0.2) is 0 Å². The highest BCUT2D eigenvalue weighted by atomic mass is 35.5. The lowest BCUT2D eigenvalue weighted by atomic mass is 10.1. The number of amides is 2. The number of halogens is 1. The van der Waals surface area contributed by atoms with Crippen molar-refractivity contribution < 1.29 is 28.3 Å².